The summed E-state index contributed by atoms with van der Waals surface area (Å²) in [5.74, 6) is 0. The maximum absolute atomic E-state index is 8.86. The molecule has 1 nitrogen and oxygen atoms in total. The highest BCUT2D eigenvalue weighted by molar-refractivity contribution is 4.47. The van der Waals surface area contributed by atoms with Crippen molar-refractivity contribution in [1.82, 2.24) is 0 Å². The largest absolute Gasteiger partial charge is 0.393 e. The number of hydrogen-bond acceptors (Lipinski definition) is 1. The second kappa shape index (κ2) is 22.5. The van der Waals surface area contributed by atoms with Crippen molar-refractivity contribution in [2.45, 2.75) is 68.9 Å². The highest BCUT2D eigenvalue weighted by atomic mass is 16.3. The fraction of sp³-hybridized carbons (Fsp3) is 1.00. The molecule has 0 heterocycles. The van der Waals surface area contributed by atoms with Gasteiger partial charge >= 0.3 is 0 Å². The first kappa shape index (κ1) is 30.6. The maximum atomic E-state index is 8.86. The zero-order valence-corrected chi connectivity index (χ0v) is 5.15. The van der Waals surface area contributed by atoms with Crippen molar-refractivity contribution in [3.63, 3.8) is 0 Å². The van der Waals surface area contributed by atoms with Gasteiger partial charge in [0.1, 0.15) is 0 Å². The number of aliphatic hydroxyl groups is 1. The summed E-state index contributed by atoms with van der Waals surface area (Å²) in [6, 6.07) is 0. The van der Waals surface area contributed by atoms with Crippen molar-refractivity contribution in [3.8, 4) is 0 Å². The van der Waals surface area contributed by atoms with Gasteiger partial charge in [-0.3, -0.25) is 0 Å². The number of rotatable bonds is 3. The van der Waals surface area contributed by atoms with Gasteiger partial charge in [0.2, 0.25) is 0 Å². The normalized spacial score (nSPS) is 9.00. The van der Waals surface area contributed by atoms with Crippen molar-refractivity contribution in [3.05, 3.63) is 0 Å². The van der Waals surface area contributed by atoms with Crippen LogP contribution < -0.4 is 0 Å². The van der Waals surface area contributed by atoms with Crippen LogP contribution in [0.5, 0.6) is 0 Å². The first-order chi connectivity index (χ1) is 3.31. The zero-order chi connectivity index (χ0) is 5.70. The van der Waals surface area contributed by atoms with Crippen LogP contribution in [0.1, 0.15) is 62.8 Å². The van der Waals surface area contributed by atoms with Gasteiger partial charge in [-0.2, -0.15) is 0 Å². The Bertz CT molecular complexity index is 35.9. The van der Waals surface area contributed by atoms with Crippen molar-refractivity contribution >= 4 is 0 Å². The van der Waals surface area contributed by atoms with E-state index in [1.54, 1.807) is 0 Å². The van der Waals surface area contributed by atoms with Gasteiger partial charge in [0, 0.05) is 0 Å². The highest BCUT2D eigenvalue weighted by Gasteiger charge is 1.94. The third-order valence-corrected chi connectivity index (χ3v) is 1.09. The fourth-order valence-corrected chi connectivity index (χ4v) is 0.537. The third-order valence-electron chi connectivity index (χ3n) is 1.09. The van der Waals surface area contributed by atoms with Crippen molar-refractivity contribution in [2.24, 2.45) is 0 Å². The molecule has 0 radical (unpaired) electrons. The maximum Gasteiger partial charge on any atom is 0.0537 e. The molecule has 0 aromatic carbocycles. The Morgan fingerprint density at radius 2 is 1.36 bits per heavy atom. The standard InChI is InChI=1S/C6H14O.4CH4/c1-3-5-6(7)4-2;;;;/h6-7H,3-5H2,1-2H3;4*1H4. The molecule has 0 aliphatic rings. The van der Waals surface area contributed by atoms with E-state index in [1.807, 2.05) is 6.92 Å². The molecule has 11 heavy (non-hydrogen) atoms. The van der Waals surface area contributed by atoms with Crippen LogP contribution in [-0.4, -0.2) is 11.2 Å². The molecule has 1 unspecified atom stereocenters. The van der Waals surface area contributed by atoms with Crippen LogP contribution >= 0.6 is 0 Å². The van der Waals surface area contributed by atoms with Crippen LogP contribution in [0.25, 0.3) is 0 Å². The molecule has 1 heteroatoms. The smallest absolute Gasteiger partial charge is 0.0537 e. The molecule has 0 aromatic rings. The van der Waals surface area contributed by atoms with Crippen molar-refractivity contribution < 1.29 is 5.11 Å². The molecule has 0 saturated heterocycles. The predicted octanol–water partition coefficient (Wildman–Crippen LogP) is 4.10. The van der Waals surface area contributed by atoms with Gasteiger partial charge in [-0.1, -0.05) is 50.0 Å². The van der Waals surface area contributed by atoms with Crippen molar-refractivity contribution in [2.75, 3.05) is 0 Å². The molecule has 76 valence electrons. The third kappa shape index (κ3) is 25.7. The minimum absolute atomic E-state index is 0. The molecule has 0 aliphatic heterocycles. The monoisotopic (exact) mass is 166 g/mol. The summed E-state index contributed by atoms with van der Waals surface area (Å²) in [6.45, 7) is 4.08. The molecular weight excluding hydrogens is 136 g/mol. The van der Waals surface area contributed by atoms with E-state index in [4.69, 9.17) is 5.11 Å². The van der Waals surface area contributed by atoms with E-state index in [0.29, 0.717) is 0 Å². The predicted molar refractivity (Wildman–Crippen MR) is 58.1 cm³/mol. The molecule has 1 atom stereocenters. The Kier molecular flexibility index (Phi) is 62.6. The number of aliphatic hydroxyl groups excluding tert-OH is 1. The van der Waals surface area contributed by atoms with E-state index in [1.165, 1.54) is 0 Å². The van der Waals surface area contributed by atoms with Crippen LogP contribution in [-0.2, 0) is 0 Å². The van der Waals surface area contributed by atoms with E-state index in [0.717, 1.165) is 19.3 Å². The molecule has 0 rings (SSSR count). The summed E-state index contributed by atoms with van der Waals surface area (Å²) in [5.41, 5.74) is 0. The average Bonchev–Trinajstić information content (AvgIpc) is 1.68. The van der Waals surface area contributed by atoms with Crippen LogP contribution in [0, 0.1) is 0 Å². The number of hydrogen-bond donors (Lipinski definition) is 1. The molecule has 0 saturated carbocycles. The Hall–Kier alpha value is -0.0400. The van der Waals surface area contributed by atoms with Crippen LogP contribution in [0.3, 0.4) is 0 Å². The Balaban J connectivity index is -0.0000000300. The van der Waals surface area contributed by atoms with Crippen molar-refractivity contribution in [1.29, 1.82) is 0 Å². The van der Waals surface area contributed by atoms with Crippen LogP contribution in [0.4, 0.5) is 0 Å². The lowest BCUT2D eigenvalue weighted by Crippen LogP contribution is -2.01. The Morgan fingerprint density at radius 1 is 1.00 bits per heavy atom. The van der Waals surface area contributed by atoms with E-state index >= 15 is 0 Å². The zero-order valence-electron chi connectivity index (χ0n) is 5.15. The average molecular weight is 166 g/mol. The molecular formula is C10H30O. The van der Waals surface area contributed by atoms with Gasteiger partial charge in [-0.25, -0.2) is 0 Å². The van der Waals surface area contributed by atoms with Gasteiger partial charge in [0.05, 0.1) is 6.10 Å². The quantitative estimate of drug-likeness (QED) is 0.669. The fourth-order valence-electron chi connectivity index (χ4n) is 0.537. The summed E-state index contributed by atoms with van der Waals surface area (Å²) in [6.07, 6.45) is 2.89. The minimum atomic E-state index is -0.0509. The molecule has 0 amide bonds. The first-order valence-corrected chi connectivity index (χ1v) is 2.99. The lowest BCUT2D eigenvalue weighted by atomic mass is 10.2. The molecule has 0 spiro atoms. The van der Waals surface area contributed by atoms with E-state index in [2.05, 4.69) is 6.92 Å². The summed E-state index contributed by atoms with van der Waals surface area (Å²) in [4.78, 5) is 0. The lowest BCUT2D eigenvalue weighted by molar-refractivity contribution is 0.159. The van der Waals surface area contributed by atoms with Gasteiger partial charge in [0.25, 0.3) is 0 Å². The summed E-state index contributed by atoms with van der Waals surface area (Å²) < 4.78 is 0. The second-order valence-corrected chi connectivity index (χ2v) is 1.85. The van der Waals surface area contributed by atoms with E-state index in [9.17, 15) is 0 Å². The minimum Gasteiger partial charge on any atom is -0.393 e. The lowest BCUT2D eigenvalue weighted by Gasteiger charge is -2.01. The van der Waals surface area contributed by atoms with Gasteiger partial charge in [-0.15, -0.1) is 0 Å². The van der Waals surface area contributed by atoms with Gasteiger partial charge in [0.15, 0.2) is 0 Å². The summed E-state index contributed by atoms with van der Waals surface area (Å²) >= 11 is 0. The summed E-state index contributed by atoms with van der Waals surface area (Å²) in [7, 11) is 0. The molecule has 1 N–H and O–H groups in total. The van der Waals surface area contributed by atoms with Gasteiger partial charge < -0.3 is 5.11 Å². The van der Waals surface area contributed by atoms with E-state index in [-0.39, 0.29) is 35.8 Å². The Labute approximate surface area is 74.8 Å². The van der Waals surface area contributed by atoms with Crippen LogP contribution in [0.2, 0.25) is 0 Å². The first-order valence-electron chi connectivity index (χ1n) is 2.99. The summed E-state index contributed by atoms with van der Waals surface area (Å²) in [5, 5.41) is 8.86. The van der Waals surface area contributed by atoms with Gasteiger partial charge in [-0.05, 0) is 12.8 Å². The molecule has 0 fully saturated rings. The molecule has 0 bridgehead atoms. The second-order valence-electron chi connectivity index (χ2n) is 1.85. The Morgan fingerprint density at radius 3 is 1.45 bits per heavy atom. The van der Waals surface area contributed by atoms with Crippen LogP contribution in [0.15, 0.2) is 0 Å². The topological polar surface area (TPSA) is 20.2 Å². The highest BCUT2D eigenvalue weighted by Crippen LogP contribution is 1.98. The van der Waals surface area contributed by atoms with E-state index < -0.39 is 0 Å². The SMILES string of the molecule is C.C.C.C.CCCC(O)CC. The molecule has 0 aromatic heterocycles. The molecule has 0 aliphatic carbocycles.